The standard InChI is InChI=1S/C6H12O5/c1-2-3(7)4(8)5(9)6(10)11-2/h2-10H,1H3/t2-,3-,4+,5-,6?/m1/s1/i1D. The van der Waals surface area contributed by atoms with Crippen molar-refractivity contribution in [3.63, 3.8) is 0 Å². The van der Waals surface area contributed by atoms with Gasteiger partial charge in [-0.3, -0.25) is 0 Å². The molecule has 0 bridgehead atoms. The normalized spacial score (nSPS) is 53.8. The Hall–Kier alpha value is -0.200. The number of hydrogen-bond acceptors (Lipinski definition) is 5. The van der Waals surface area contributed by atoms with E-state index in [1.54, 1.807) is 0 Å². The first-order valence-corrected chi connectivity index (χ1v) is 3.25. The molecular weight excluding hydrogens is 152 g/mol. The number of hydrogen-bond donors (Lipinski definition) is 4. The molecule has 66 valence electrons. The highest BCUT2D eigenvalue weighted by Crippen LogP contribution is 2.18. The van der Waals surface area contributed by atoms with Crippen LogP contribution in [0.25, 0.3) is 0 Å². The van der Waals surface area contributed by atoms with Gasteiger partial charge in [0.25, 0.3) is 0 Å². The molecule has 11 heavy (non-hydrogen) atoms. The first kappa shape index (κ1) is 7.45. The summed E-state index contributed by atoms with van der Waals surface area (Å²) >= 11 is 0. The van der Waals surface area contributed by atoms with Gasteiger partial charge in [0.2, 0.25) is 0 Å². The third-order valence-corrected chi connectivity index (χ3v) is 1.69. The minimum absolute atomic E-state index is 0.276. The Morgan fingerprint density at radius 1 is 1.09 bits per heavy atom. The first-order valence-electron chi connectivity index (χ1n) is 3.95. The quantitative estimate of drug-likeness (QED) is 0.327. The zero-order chi connectivity index (χ0) is 9.30. The predicted octanol–water partition coefficient (Wildman–Crippen LogP) is -2.19. The minimum atomic E-state index is -1.53. The average molecular weight is 165 g/mol. The fourth-order valence-electron chi connectivity index (χ4n) is 0.931. The summed E-state index contributed by atoms with van der Waals surface area (Å²) in [7, 11) is 0. The molecule has 0 aromatic heterocycles. The highest BCUT2D eigenvalue weighted by atomic mass is 16.6. The lowest BCUT2D eigenvalue weighted by Crippen LogP contribution is -2.56. The molecule has 1 rings (SSSR count). The van der Waals surface area contributed by atoms with Crippen LogP contribution in [0.4, 0.5) is 0 Å². The summed E-state index contributed by atoms with van der Waals surface area (Å²) in [6.45, 7) is -0.276. The second kappa shape index (κ2) is 3.04. The predicted molar refractivity (Wildman–Crippen MR) is 34.6 cm³/mol. The van der Waals surface area contributed by atoms with Crippen LogP contribution in [0.5, 0.6) is 0 Å². The Balaban J connectivity index is 2.63. The van der Waals surface area contributed by atoms with Gasteiger partial charge in [-0.05, 0) is 6.90 Å². The third-order valence-electron chi connectivity index (χ3n) is 1.69. The highest BCUT2D eigenvalue weighted by molar-refractivity contribution is 4.86. The van der Waals surface area contributed by atoms with Crippen LogP contribution in [-0.4, -0.2) is 51.1 Å². The minimum Gasteiger partial charge on any atom is -0.388 e. The largest absolute Gasteiger partial charge is 0.388 e. The number of ether oxygens (including phenoxy) is 1. The lowest BCUT2D eigenvalue weighted by molar-refractivity contribution is -0.277. The van der Waals surface area contributed by atoms with E-state index in [4.69, 9.17) is 21.8 Å². The number of aliphatic hydroxyl groups is 4. The smallest absolute Gasteiger partial charge is 0.183 e. The molecule has 0 radical (unpaired) electrons. The molecule has 1 unspecified atom stereocenters. The van der Waals surface area contributed by atoms with E-state index in [1.807, 2.05) is 0 Å². The van der Waals surface area contributed by atoms with Gasteiger partial charge < -0.3 is 25.2 Å². The fraction of sp³-hybridized carbons (Fsp3) is 1.00. The summed E-state index contributed by atoms with van der Waals surface area (Å²) in [6.07, 6.45) is -6.76. The van der Waals surface area contributed by atoms with Gasteiger partial charge in [-0.1, -0.05) is 0 Å². The molecule has 0 amide bonds. The maximum absolute atomic E-state index is 9.16. The molecule has 1 aliphatic rings. The molecule has 0 aromatic carbocycles. The second-order valence-corrected chi connectivity index (χ2v) is 2.54. The molecule has 0 saturated carbocycles. The van der Waals surface area contributed by atoms with Crippen molar-refractivity contribution in [3.8, 4) is 0 Å². The zero-order valence-electron chi connectivity index (χ0n) is 6.79. The highest BCUT2D eigenvalue weighted by Gasteiger charge is 2.40. The van der Waals surface area contributed by atoms with Gasteiger partial charge in [0, 0.05) is 1.37 Å². The molecule has 1 saturated heterocycles. The van der Waals surface area contributed by atoms with Crippen molar-refractivity contribution >= 4 is 0 Å². The van der Waals surface area contributed by atoms with Crippen molar-refractivity contribution in [2.45, 2.75) is 37.6 Å². The van der Waals surface area contributed by atoms with E-state index < -0.39 is 30.7 Å². The number of aliphatic hydroxyl groups excluding tert-OH is 4. The number of rotatable bonds is 0. The van der Waals surface area contributed by atoms with Gasteiger partial charge in [-0.2, -0.15) is 0 Å². The summed E-state index contributed by atoms with van der Waals surface area (Å²) in [4.78, 5) is 0. The lowest BCUT2D eigenvalue weighted by atomic mass is 10.0. The lowest BCUT2D eigenvalue weighted by Gasteiger charge is -2.36. The monoisotopic (exact) mass is 165 g/mol. The Kier molecular flexibility index (Phi) is 2.06. The van der Waals surface area contributed by atoms with E-state index >= 15 is 0 Å². The third kappa shape index (κ3) is 1.52. The maximum atomic E-state index is 9.16. The molecule has 0 aliphatic carbocycles. The van der Waals surface area contributed by atoms with Crippen molar-refractivity contribution in [2.24, 2.45) is 0 Å². The Bertz CT molecular complexity index is 150. The van der Waals surface area contributed by atoms with Crippen molar-refractivity contribution in [1.82, 2.24) is 0 Å². The topological polar surface area (TPSA) is 90.2 Å². The van der Waals surface area contributed by atoms with Gasteiger partial charge >= 0.3 is 0 Å². The average Bonchev–Trinajstić information content (AvgIpc) is 2.08. The molecule has 0 spiro atoms. The SMILES string of the molecule is [2H]C[C@H]1OC(O)[C@H](O)[C@@H](O)[C@@H]1O. The van der Waals surface area contributed by atoms with Gasteiger partial charge in [0.1, 0.15) is 18.3 Å². The summed E-state index contributed by atoms with van der Waals surface area (Å²) in [5.74, 6) is 0. The van der Waals surface area contributed by atoms with Crippen LogP contribution in [-0.2, 0) is 4.74 Å². The molecule has 1 aliphatic heterocycles. The van der Waals surface area contributed by atoms with Crippen LogP contribution >= 0.6 is 0 Å². The van der Waals surface area contributed by atoms with Gasteiger partial charge in [-0.25, -0.2) is 0 Å². The Morgan fingerprint density at radius 2 is 1.73 bits per heavy atom. The zero-order valence-corrected chi connectivity index (χ0v) is 5.79. The van der Waals surface area contributed by atoms with Crippen LogP contribution in [0.1, 0.15) is 8.27 Å². The molecular formula is C6H12O5. The molecule has 5 atom stereocenters. The summed E-state index contributed by atoms with van der Waals surface area (Å²) < 4.78 is 11.5. The van der Waals surface area contributed by atoms with Gasteiger partial charge in [-0.15, -0.1) is 0 Å². The summed E-state index contributed by atoms with van der Waals surface area (Å²) in [6, 6.07) is 0. The van der Waals surface area contributed by atoms with E-state index in [-0.39, 0.29) is 6.90 Å². The molecule has 5 nitrogen and oxygen atoms in total. The van der Waals surface area contributed by atoms with Gasteiger partial charge in [0.15, 0.2) is 6.29 Å². The summed E-state index contributed by atoms with van der Waals surface area (Å²) in [5.41, 5.74) is 0. The van der Waals surface area contributed by atoms with Gasteiger partial charge in [0.05, 0.1) is 6.10 Å². The van der Waals surface area contributed by atoms with Crippen LogP contribution in [0, 0.1) is 0 Å². The van der Waals surface area contributed by atoms with E-state index in [2.05, 4.69) is 4.74 Å². The van der Waals surface area contributed by atoms with Crippen molar-refractivity contribution in [2.75, 3.05) is 0 Å². The second-order valence-electron chi connectivity index (χ2n) is 2.54. The maximum Gasteiger partial charge on any atom is 0.183 e. The van der Waals surface area contributed by atoms with E-state index in [9.17, 15) is 0 Å². The molecule has 0 aromatic rings. The molecule has 1 heterocycles. The van der Waals surface area contributed by atoms with Crippen LogP contribution < -0.4 is 0 Å². The Morgan fingerprint density at radius 3 is 2.27 bits per heavy atom. The Labute approximate surface area is 65.3 Å². The van der Waals surface area contributed by atoms with Crippen molar-refractivity contribution < 1.29 is 26.5 Å². The van der Waals surface area contributed by atoms with Crippen molar-refractivity contribution in [1.29, 1.82) is 0 Å². The van der Waals surface area contributed by atoms with Crippen LogP contribution in [0.2, 0.25) is 0 Å². The fourth-order valence-corrected chi connectivity index (χ4v) is 0.931. The van der Waals surface area contributed by atoms with E-state index in [1.165, 1.54) is 0 Å². The molecule has 5 heteroatoms. The van der Waals surface area contributed by atoms with Crippen molar-refractivity contribution in [3.05, 3.63) is 0 Å². The van der Waals surface area contributed by atoms with E-state index in [0.29, 0.717) is 0 Å². The van der Waals surface area contributed by atoms with E-state index in [0.717, 1.165) is 0 Å². The molecule has 4 N–H and O–H groups in total. The first-order chi connectivity index (χ1) is 5.57. The van der Waals surface area contributed by atoms with Crippen LogP contribution in [0.15, 0.2) is 0 Å². The molecule has 1 fully saturated rings. The van der Waals surface area contributed by atoms with Crippen LogP contribution in [0.3, 0.4) is 0 Å². The summed E-state index contributed by atoms with van der Waals surface area (Å²) in [5, 5.41) is 36.2.